The molecule has 1 aliphatic heterocycles. The van der Waals surface area contributed by atoms with E-state index < -0.39 is 4.92 Å². The standard InChI is InChI=1S/C16H17N3O5/c20-16(15-10-3-1-2-4-11(10)15)18-17-7-9-5-13-14(24-8-23-13)6-12(9)19(21)22/h5-7,10-11,15H,1-4,8H2,(H,18,20)/b17-7-/t10-,11-/m1/s1. The van der Waals surface area contributed by atoms with Crippen molar-refractivity contribution in [2.24, 2.45) is 22.9 Å². The zero-order valence-electron chi connectivity index (χ0n) is 12.9. The van der Waals surface area contributed by atoms with Crippen molar-refractivity contribution in [1.29, 1.82) is 0 Å². The van der Waals surface area contributed by atoms with Crippen LogP contribution in [0.15, 0.2) is 17.2 Å². The first-order valence-corrected chi connectivity index (χ1v) is 8.06. The van der Waals surface area contributed by atoms with Gasteiger partial charge in [0.25, 0.3) is 5.69 Å². The minimum Gasteiger partial charge on any atom is -0.454 e. The van der Waals surface area contributed by atoms with E-state index in [0.717, 1.165) is 12.8 Å². The molecule has 24 heavy (non-hydrogen) atoms. The van der Waals surface area contributed by atoms with E-state index in [-0.39, 0.29) is 29.9 Å². The molecule has 3 aliphatic rings. The van der Waals surface area contributed by atoms with Crippen LogP contribution in [0, 0.1) is 27.9 Å². The molecule has 2 fully saturated rings. The van der Waals surface area contributed by atoms with E-state index in [1.807, 2.05) is 0 Å². The van der Waals surface area contributed by atoms with Gasteiger partial charge in [0.15, 0.2) is 11.5 Å². The Labute approximate surface area is 138 Å². The maximum Gasteiger partial charge on any atom is 0.282 e. The molecule has 1 amide bonds. The lowest BCUT2D eigenvalue weighted by molar-refractivity contribution is -0.385. The lowest BCUT2D eigenvalue weighted by Crippen LogP contribution is -2.20. The van der Waals surface area contributed by atoms with Crippen LogP contribution in [0.2, 0.25) is 0 Å². The van der Waals surface area contributed by atoms with Gasteiger partial charge < -0.3 is 9.47 Å². The minimum atomic E-state index is -0.513. The van der Waals surface area contributed by atoms with Crippen molar-refractivity contribution in [1.82, 2.24) is 5.43 Å². The summed E-state index contributed by atoms with van der Waals surface area (Å²) < 4.78 is 10.4. The van der Waals surface area contributed by atoms with Gasteiger partial charge in [-0.3, -0.25) is 14.9 Å². The normalized spacial score (nSPS) is 26.9. The van der Waals surface area contributed by atoms with Crippen molar-refractivity contribution >= 4 is 17.8 Å². The van der Waals surface area contributed by atoms with E-state index in [1.54, 1.807) is 0 Å². The molecule has 1 N–H and O–H groups in total. The van der Waals surface area contributed by atoms with E-state index in [1.165, 1.54) is 31.2 Å². The Morgan fingerprint density at radius 2 is 1.92 bits per heavy atom. The van der Waals surface area contributed by atoms with Crippen molar-refractivity contribution in [3.05, 3.63) is 27.8 Å². The van der Waals surface area contributed by atoms with Gasteiger partial charge in [-0.05, 0) is 30.7 Å². The molecule has 1 aromatic carbocycles. The molecule has 8 nitrogen and oxygen atoms in total. The average Bonchev–Trinajstić information content (AvgIpc) is 3.13. The molecule has 0 radical (unpaired) electrons. The number of rotatable bonds is 4. The third-order valence-corrected chi connectivity index (χ3v) is 5.06. The van der Waals surface area contributed by atoms with E-state index >= 15 is 0 Å². The molecular formula is C16H17N3O5. The molecule has 0 saturated heterocycles. The Hall–Kier alpha value is -2.64. The van der Waals surface area contributed by atoms with E-state index in [0.29, 0.717) is 23.3 Å². The first-order valence-electron chi connectivity index (χ1n) is 8.06. The van der Waals surface area contributed by atoms with E-state index in [2.05, 4.69) is 10.5 Å². The van der Waals surface area contributed by atoms with Crippen molar-refractivity contribution < 1.29 is 19.2 Å². The van der Waals surface area contributed by atoms with Gasteiger partial charge in [0.2, 0.25) is 12.7 Å². The Bertz CT molecular complexity index is 721. The molecule has 1 aromatic rings. The van der Waals surface area contributed by atoms with Crippen molar-refractivity contribution in [3.63, 3.8) is 0 Å². The number of amides is 1. The van der Waals surface area contributed by atoms with Crippen LogP contribution in [0.4, 0.5) is 5.69 Å². The van der Waals surface area contributed by atoms with Crippen LogP contribution in [0.1, 0.15) is 31.2 Å². The number of nitro benzene ring substituents is 1. The maximum absolute atomic E-state index is 12.2. The number of benzene rings is 1. The van der Waals surface area contributed by atoms with Crippen molar-refractivity contribution in [2.75, 3.05) is 6.79 Å². The van der Waals surface area contributed by atoms with Gasteiger partial charge in [0.05, 0.1) is 22.8 Å². The number of nitrogens with one attached hydrogen (secondary N) is 1. The van der Waals surface area contributed by atoms with Gasteiger partial charge >= 0.3 is 0 Å². The monoisotopic (exact) mass is 331 g/mol. The van der Waals surface area contributed by atoms with Gasteiger partial charge in [-0.2, -0.15) is 5.10 Å². The van der Waals surface area contributed by atoms with Gasteiger partial charge in [-0.15, -0.1) is 0 Å². The number of hydrogen-bond donors (Lipinski definition) is 1. The molecule has 8 heteroatoms. The molecule has 0 aromatic heterocycles. The van der Waals surface area contributed by atoms with Crippen LogP contribution in [0.25, 0.3) is 0 Å². The lowest BCUT2D eigenvalue weighted by Gasteiger charge is -2.04. The fraction of sp³-hybridized carbons (Fsp3) is 0.500. The summed E-state index contributed by atoms with van der Waals surface area (Å²) in [6.45, 7) is 0.0360. The number of carbonyl (C=O) groups excluding carboxylic acids is 1. The third-order valence-electron chi connectivity index (χ3n) is 5.06. The summed E-state index contributed by atoms with van der Waals surface area (Å²) in [6, 6.07) is 2.80. The number of nitrogens with zero attached hydrogens (tertiary/aromatic N) is 2. The van der Waals surface area contributed by atoms with Crippen LogP contribution in [-0.4, -0.2) is 23.8 Å². The second kappa shape index (κ2) is 5.77. The van der Waals surface area contributed by atoms with Gasteiger partial charge in [-0.25, -0.2) is 5.43 Å². The number of hydrogen-bond acceptors (Lipinski definition) is 6. The zero-order valence-corrected chi connectivity index (χ0v) is 12.9. The van der Waals surface area contributed by atoms with Crippen LogP contribution >= 0.6 is 0 Å². The summed E-state index contributed by atoms with van der Waals surface area (Å²) in [4.78, 5) is 22.8. The SMILES string of the molecule is O=C(N/N=C\c1cc2c(cc1[N+](=O)[O-])OCO2)C1[C@@H]2CCCC[C@@H]12. The number of fused-ring (bicyclic) bond motifs is 2. The Balaban J connectivity index is 1.46. The van der Waals surface area contributed by atoms with Gasteiger partial charge in [0, 0.05) is 5.92 Å². The average molecular weight is 331 g/mol. The largest absolute Gasteiger partial charge is 0.454 e. The molecule has 0 spiro atoms. The maximum atomic E-state index is 12.2. The highest BCUT2D eigenvalue weighted by molar-refractivity contribution is 5.89. The summed E-state index contributed by atoms with van der Waals surface area (Å²) in [7, 11) is 0. The zero-order chi connectivity index (χ0) is 16.7. The summed E-state index contributed by atoms with van der Waals surface area (Å²) >= 11 is 0. The van der Waals surface area contributed by atoms with Crippen LogP contribution < -0.4 is 14.9 Å². The lowest BCUT2D eigenvalue weighted by atomic mass is 10.0. The second-order valence-electron chi connectivity index (χ2n) is 6.39. The molecule has 2 atom stereocenters. The molecule has 2 saturated carbocycles. The molecule has 1 heterocycles. The summed E-state index contributed by atoms with van der Waals surface area (Å²) in [5.74, 6) is 1.72. The fourth-order valence-corrected chi connectivity index (χ4v) is 3.83. The number of carbonyl (C=O) groups is 1. The third kappa shape index (κ3) is 2.57. The first-order chi connectivity index (χ1) is 11.6. The van der Waals surface area contributed by atoms with Crippen LogP contribution in [0.3, 0.4) is 0 Å². The molecule has 126 valence electrons. The quantitative estimate of drug-likeness (QED) is 0.517. The van der Waals surface area contributed by atoms with Crippen LogP contribution in [0.5, 0.6) is 11.5 Å². The predicted octanol–water partition coefficient (Wildman–Crippen LogP) is 2.21. The van der Waals surface area contributed by atoms with Gasteiger partial charge in [-0.1, -0.05) is 12.8 Å². The Morgan fingerprint density at radius 3 is 2.58 bits per heavy atom. The highest BCUT2D eigenvalue weighted by atomic mass is 16.7. The van der Waals surface area contributed by atoms with Crippen molar-refractivity contribution in [2.45, 2.75) is 25.7 Å². The molecule has 0 bridgehead atoms. The minimum absolute atomic E-state index is 0.0360. The molecule has 4 rings (SSSR count). The predicted molar refractivity (Wildman–Crippen MR) is 83.9 cm³/mol. The summed E-state index contributed by atoms with van der Waals surface area (Å²) in [5.41, 5.74) is 2.64. The van der Waals surface area contributed by atoms with Gasteiger partial charge in [0.1, 0.15) is 0 Å². The number of hydrazone groups is 1. The molecule has 2 aliphatic carbocycles. The Kier molecular flexibility index (Phi) is 3.59. The highest BCUT2D eigenvalue weighted by Crippen LogP contribution is 2.55. The summed E-state index contributed by atoms with van der Waals surface area (Å²) in [6.07, 6.45) is 5.89. The number of ether oxygens (including phenoxy) is 2. The molecule has 0 unspecified atom stereocenters. The van der Waals surface area contributed by atoms with E-state index in [9.17, 15) is 14.9 Å². The second-order valence-corrected chi connectivity index (χ2v) is 6.39. The fourth-order valence-electron chi connectivity index (χ4n) is 3.83. The Morgan fingerprint density at radius 1 is 1.25 bits per heavy atom. The first kappa shape index (κ1) is 14.9. The highest BCUT2D eigenvalue weighted by Gasteiger charge is 2.54. The topological polar surface area (TPSA) is 103 Å². The smallest absolute Gasteiger partial charge is 0.282 e. The summed E-state index contributed by atoms with van der Waals surface area (Å²) in [5, 5.41) is 15.1. The molecular weight excluding hydrogens is 314 g/mol. The van der Waals surface area contributed by atoms with Crippen molar-refractivity contribution in [3.8, 4) is 11.5 Å². The van der Waals surface area contributed by atoms with Crippen LogP contribution in [-0.2, 0) is 4.79 Å². The van der Waals surface area contributed by atoms with E-state index in [4.69, 9.17) is 9.47 Å². The number of nitro groups is 1.